The predicted octanol–water partition coefficient (Wildman–Crippen LogP) is 14.8. The van der Waals surface area contributed by atoms with Crippen LogP contribution in [0.1, 0.15) is 101 Å². The van der Waals surface area contributed by atoms with Crippen molar-refractivity contribution in [3.63, 3.8) is 0 Å². The minimum absolute atomic E-state index is 0. The molecule has 0 amide bonds. The summed E-state index contributed by atoms with van der Waals surface area (Å²) in [4.78, 5) is 20.5. The van der Waals surface area contributed by atoms with Crippen molar-refractivity contribution in [3.8, 4) is 34.2 Å². The molecule has 0 spiro atoms. The van der Waals surface area contributed by atoms with Crippen molar-refractivity contribution in [2.24, 2.45) is 22.7 Å². The van der Waals surface area contributed by atoms with Gasteiger partial charge in [0.05, 0.1) is 34.2 Å². The van der Waals surface area contributed by atoms with Crippen LogP contribution in [0.4, 0.5) is 33.8 Å². The smallest absolute Gasteiger partial charge is 2.00 e. The van der Waals surface area contributed by atoms with Crippen LogP contribution in [0.3, 0.4) is 0 Å². The van der Waals surface area contributed by atoms with Gasteiger partial charge in [0.2, 0.25) is 0 Å². The van der Waals surface area contributed by atoms with Crippen molar-refractivity contribution in [2.45, 2.75) is 78.1 Å². The SMILES string of the molecule is C[C@H]1c2nc(-c3cccc(-c4cccc(-c5ccc6c(n5)[C@H](C)[C@H]5C[C@@H]6C5(C)C)n4)n3)ccc2[C@@H]2C[C@H]1C2(C)C.[CH2][CH][CH2].[CH2][CH][CH2].[F][Sb-]([F])([F])([F])([F])[F].[F][Sb-]([F])([F])([F])([F])[F].[Pd+2].[Pd+2]. The van der Waals surface area contributed by atoms with Gasteiger partial charge in [0.1, 0.15) is 0 Å². The molecule has 2 saturated carbocycles. The Balaban J connectivity index is 0.000000509. The molecule has 10 rings (SSSR count). The molecule has 0 unspecified atom stereocenters. The van der Waals surface area contributed by atoms with Crippen LogP contribution in [0.25, 0.3) is 34.2 Å². The Kier molecular flexibility index (Phi) is 16.6. The topological polar surface area (TPSA) is 51.6 Å². The van der Waals surface area contributed by atoms with Crippen LogP contribution < -0.4 is 0 Å². The molecule has 4 heterocycles. The van der Waals surface area contributed by atoms with Crippen molar-refractivity contribution in [2.75, 3.05) is 0 Å². The second kappa shape index (κ2) is 18.1. The second-order valence-electron chi connectivity index (χ2n) is 16.7. The number of pyridine rings is 4. The third-order valence-corrected chi connectivity index (χ3v) is 11.7. The third-order valence-electron chi connectivity index (χ3n) is 11.7. The van der Waals surface area contributed by atoms with Crippen molar-refractivity contribution < 1.29 is 74.6 Å². The molecule has 6 atom stereocenters. The van der Waals surface area contributed by atoms with Gasteiger partial charge in [-0.1, -0.05) is 65.8 Å². The molecule has 348 valence electrons. The van der Waals surface area contributed by atoms with Gasteiger partial charge in [-0.25, -0.2) is 9.97 Å². The molecule has 6 aliphatic carbocycles. The van der Waals surface area contributed by atoms with Crippen LogP contribution in [0.2, 0.25) is 0 Å². The molecule has 4 aromatic heterocycles. The van der Waals surface area contributed by atoms with Crippen molar-refractivity contribution in [1.82, 2.24) is 19.9 Å². The first kappa shape index (κ1) is 56.8. The third kappa shape index (κ3) is 15.4. The van der Waals surface area contributed by atoms with E-state index in [0.717, 1.165) is 46.0 Å². The minimum Gasteiger partial charge on any atom is 2.00 e. The van der Waals surface area contributed by atoms with Gasteiger partial charge >= 0.3 is 114 Å². The Morgan fingerprint density at radius 3 is 0.919 bits per heavy atom. The van der Waals surface area contributed by atoms with Crippen LogP contribution in [0, 0.1) is 63.2 Å². The fraction of sp³-hybridized carbons (Fsp3) is 0.381. The van der Waals surface area contributed by atoms with E-state index in [1.54, 1.807) is 0 Å². The molecule has 4 aromatic rings. The average molecular weight is 1290 g/mol. The van der Waals surface area contributed by atoms with E-state index in [2.05, 4.69) is 118 Å². The summed E-state index contributed by atoms with van der Waals surface area (Å²) in [5, 5.41) is 0. The van der Waals surface area contributed by atoms with Gasteiger partial charge in [0.15, 0.2) is 0 Å². The zero-order chi connectivity index (χ0) is 45.8. The molecule has 20 heteroatoms. The molecule has 2 fully saturated rings. The van der Waals surface area contributed by atoms with Gasteiger partial charge < -0.3 is 0 Å². The Hall–Kier alpha value is -1.28. The first-order valence-corrected chi connectivity index (χ1v) is 30.4. The summed E-state index contributed by atoms with van der Waals surface area (Å²) in [5.41, 5.74) is 11.7. The summed E-state index contributed by atoms with van der Waals surface area (Å²) >= 11 is -22.5. The van der Waals surface area contributed by atoms with E-state index < -0.39 is 39.0 Å². The molecule has 0 saturated heterocycles. The molecule has 0 aliphatic heterocycles. The molecule has 4 nitrogen and oxygen atoms in total. The summed E-state index contributed by atoms with van der Waals surface area (Å²) < 4.78 is 119. The van der Waals surface area contributed by atoms with Crippen molar-refractivity contribution >= 4 is 39.0 Å². The molecule has 0 N–H and O–H groups in total. The van der Waals surface area contributed by atoms with Gasteiger partial charge in [-0.15, -0.1) is 0 Å². The maximum Gasteiger partial charge on any atom is 2.00 e. The van der Waals surface area contributed by atoms with Crippen LogP contribution >= 0.6 is 0 Å². The second-order valence-corrected chi connectivity index (χ2v) is 27.6. The standard InChI is InChI=1S/C36H38N4.2C3H5.12FH.2Pd.2Sb/c1-19-23-17-25(35(23,3)4)21-13-15-31(39-33(19)21)29-11-7-9-27(37-29)28-10-8-12-30(38-28)32-16-14-22-26-18-24(36(26,5)6)20(2)34(22)40-32;2*1-3-2;;;;;;;;;;;;;;;;/h7-16,19-20,23-26H,17-18H2,1-6H3;2*3H,1-2H2;12*1H;;;;/q;;;;;;;;;;;;;;;2*+2;2*+5/p-12/t19-,20-,23-,24-,25+,26+;;;;;;;;;;;;;;;;;;/m1................../s1. The summed E-state index contributed by atoms with van der Waals surface area (Å²) in [6.45, 7) is 27.4. The summed E-state index contributed by atoms with van der Waals surface area (Å²) in [6.07, 6.45) is 5.60. The van der Waals surface area contributed by atoms with E-state index in [0.29, 0.717) is 34.5 Å². The zero-order valence-corrected chi connectivity index (χ0v) is 42.7. The van der Waals surface area contributed by atoms with Crippen LogP contribution in [-0.2, 0) is 40.8 Å². The molecule has 0 aromatic carbocycles. The average Bonchev–Trinajstić information content (AvgIpc) is 3.09. The first-order valence-electron chi connectivity index (χ1n) is 18.8. The molecule has 6 aliphatic rings. The summed E-state index contributed by atoms with van der Waals surface area (Å²) in [7, 11) is 0. The number of aromatic nitrogens is 4. The molecule has 4 bridgehead atoms. The van der Waals surface area contributed by atoms with Gasteiger partial charge in [0, 0.05) is 23.2 Å². The Morgan fingerprint density at radius 2 is 0.694 bits per heavy atom. The van der Waals surface area contributed by atoms with Crippen LogP contribution in [0.15, 0.2) is 60.7 Å². The number of halogens is 12. The van der Waals surface area contributed by atoms with Crippen molar-refractivity contribution in [3.05, 3.63) is 124 Å². The van der Waals surface area contributed by atoms with Crippen LogP contribution in [-0.4, -0.2) is 58.9 Å². The largest absolute Gasteiger partial charge is 2.00 e. The quantitative estimate of drug-likeness (QED) is 0.152. The molecular weight excluding hydrogens is 1240 g/mol. The van der Waals surface area contributed by atoms with E-state index in [4.69, 9.17) is 19.9 Å². The monoisotopic (exact) mass is 1290 g/mol. The van der Waals surface area contributed by atoms with Crippen molar-refractivity contribution in [1.29, 1.82) is 0 Å². The first-order chi connectivity index (χ1) is 26.9. The molecule has 62 heavy (non-hydrogen) atoms. The molecular formula is C42H48F12N4Pd2Sb2+2. The van der Waals surface area contributed by atoms with Gasteiger partial charge in [-0.05, 0) is 135 Å². The van der Waals surface area contributed by atoms with Gasteiger partial charge in [0.25, 0.3) is 0 Å². The van der Waals surface area contributed by atoms with E-state index in [1.807, 2.05) is 12.1 Å². The summed E-state index contributed by atoms with van der Waals surface area (Å²) in [6, 6.07) is 21.3. The fourth-order valence-electron chi connectivity index (χ4n) is 9.07. The van der Waals surface area contributed by atoms with E-state index >= 15 is 0 Å². The maximum atomic E-state index is 9.93. The number of nitrogens with zero attached hydrogens (tertiary/aromatic N) is 4. The Labute approximate surface area is 388 Å². The van der Waals surface area contributed by atoms with E-state index in [9.17, 15) is 33.8 Å². The number of rotatable bonds is 3. The predicted molar refractivity (Wildman–Crippen MR) is 215 cm³/mol. The Bertz CT molecular complexity index is 2030. The zero-order valence-electron chi connectivity index (χ0n) is 34.5. The Morgan fingerprint density at radius 1 is 0.468 bits per heavy atom. The fourth-order valence-corrected chi connectivity index (χ4v) is 9.07. The van der Waals surface area contributed by atoms with Crippen LogP contribution in [0.5, 0.6) is 0 Å². The normalized spacial score (nSPS) is 25.1. The number of hydrogen-bond donors (Lipinski definition) is 0. The maximum absolute atomic E-state index is 11.2. The molecule has 6 radical (unpaired) electrons. The number of hydrogen-bond acceptors (Lipinski definition) is 4. The van der Waals surface area contributed by atoms with E-state index in [-0.39, 0.29) is 40.8 Å². The van der Waals surface area contributed by atoms with Gasteiger partial charge in [-0.2, -0.15) is 0 Å². The van der Waals surface area contributed by atoms with Gasteiger partial charge in [-0.3, -0.25) is 9.97 Å². The van der Waals surface area contributed by atoms with E-state index in [1.165, 1.54) is 48.2 Å². The summed E-state index contributed by atoms with van der Waals surface area (Å²) in [5.74, 6) is 3.68. The minimum atomic E-state index is -11.2.